The third-order valence-corrected chi connectivity index (χ3v) is 4.84. The van der Waals surface area contributed by atoms with Crippen LogP contribution in [-0.2, 0) is 6.42 Å². The Morgan fingerprint density at radius 1 is 1.28 bits per heavy atom. The van der Waals surface area contributed by atoms with Crippen LogP contribution in [0.5, 0.6) is 0 Å². The average molecular weight is 360 g/mol. The molecule has 0 spiro atoms. The summed E-state index contributed by atoms with van der Waals surface area (Å²) in [6, 6.07) is 7.87. The van der Waals surface area contributed by atoms with Crippen LogP contribution in [0.3, 0.4) is 0 Å². The quantitative estimate of drug-likeness (QED) is 0.762. The van der Waals surface area contributed by atoms with Gasteiger partial charge in [0.25, 0.3) is 5.56 Å². The summed E-state index contributed by atoms with van der Waals surface area (Å²) in [6.07, 6.45) is 0.701. The van der Waals surface area contributed by atoms with Crippen LogP contribution in [0.4, 0.5) is 9.52 Å². The Bertz CT molecular complexity index is 940. The molecule has 0 radical (unpaired) electrons. The Balaban J connectivity index is 2.00. The second-order valence-electron chi connectivity index (χ2n) is 7.04. The smallest absolute Gasteiger partial charge is 0.275 e. The highest BCUT2D eigenvalue weighted by Gasteiger charge is 2.27. The molecule has 7 heteroatoms. The second kappa shape index (κ2) is 6.55. The zero-order valence-corrected chi connectivity index (χ0v) is 15.5. The number of aromatic nitrogens is 3. The Kier molecular flexibility index (Phi) is 4.60. The summed E-state index contributed by atoms with van der Waals surface area (Å²) in [5.41, 5.74) is 1.40. The van der Waals surface area contributed by atoms with Crippen molar-refractivity contribution in [3.05, 3.63) is 57.8 Å². The summed E-state index contributed by atoms with van der Waals surface area (Å²) in [7, 11) is 0. The topological polar surface area (TPSA) is 59.3 Å². The molecule has 1 atom stereocenters. The summed E-state index contributed by atoms with van der Waals surface area (Å²) in [5.74, 6) is -0.265. The van der Waals surface area contributed by atoms with Crippen molar-refractivity contribution in [2.75, 3.05) is 5.32 Å². The van der Waals surface area contributed by atoms with E-state index < -0.39 is 0 Å². The van der Waals surface area contributed by atoms with E-state index in [1.54, 1.807) is 12.1 Å². The van der Waals surface area contributed by atoms with E-state index in [4.69, 9.17) is 0 Å². The molecule has 0 saturated heterocycles. The van der Waals surface area contributed by atoms with Crippen LogP contribution in [0.2, 0.25) is 0 Å². The predicted octanol–water partition coefficient (Wildman–Crippen LogP) is 4.05. The predicted molar refractivity (Wildman–Crippen MR) is 98.7 cm³/mol. The molecule has 2 aromatic heterocycles. The highest BCUT2D eigenvalue weighted by molar-refractivity contribution is 7.20. The molecule has 0 aliphatic heterocycles. The fraction of sp³-hybridized carbons (Fsp3) is 0.389. The molecule has 132 valence electrons. The zero-order chi connectivity index (χ0) is 18.2. The van der Waals surface area contributed by atoms with Crippen molar-refractivity contribution in [1.82, 2.24) is 14.6 Å². The number of aryl methyl sites for hydroxylation is 1. The number of nitrogens with one attached hydrogen (secondary N) is 1. The Hall–Kier alpha value is -2.28. The number of fused-ring (bicyclic) bond motifs is 1. The van der Waals surface area contributed by atoms with Gasteiger partial charge in [-0.25, -0.2) is 9.37 Å². The molecule has 3 aromatic rings. The van der Waals surface area contributed by atoms with Crippen LogP contribution in [0, 0.1) is 11.2 Å². The van der Waals surface area contributed by atoms with Gasteiger partial charge >= 0.3 is 0 Å². The average Bonchev–Trinajstić information content (AvgIpc) is 2.96. The maximum Gasteiger partial charge on any atom is 0.275 e. The lowest BCUT2D eigenvalue weighted by Crippen LogP contribution is -2.26. The van der Waals surface area contributed by atoms with Crippen molar-refractivity contribution < 1.29 is 4.39 Å². The monoisotopic (exact) mass is 360 g/mol. The standard InChI is InChI=1S/C18H21FN4OS/c1-5-13-10-14(24)23-17(20-13)25-16(22-23)21-15(18(2,3)4)11-6-8-12(19)9-7-11/h6-10,15H,5H2,1-4H3,(H,21,22). The molecule has 0 bridgehead atoms. The zero-order valence-electron chi connectivity index (χ0n) is 14.7. The normalized spacial score (nSPS) is 13.2. The number of hydrogen-bond donors (Lipinski definition) is 1. The van der Waals surface area contributed by atoms with Gasteiger partial charge in [-0.15, -0.1) is 5.10 Å². The van der Waals surface area contributed by atoms with Crippen LogP contribution >= 0.6 is 11.3 Å². The molecule has 0 aliphatic rings. The van der Waals surface area contributed by atoms with Crippen LogP contribution in [0.1, 0.15) is 45.0 Å². The molecule has 0 amide bonds. The minimum atomic E-state index is -0.265. The molecule has 0 aliphatic carbocycles. The lowest BCUT2D eigenvalue weighted by atomic mass is 9.82. The first-order valence-electron chi connectivity index (χ1n) is 8.19. The van der Waals surface area contributed by atoms with Crippen molar-refractivity contribution in [2.45, 2.75) is 40.2 Å². The van der Waals surface area contributed by atoms with Crippen molar-refractivity contribution in [3.8, 4) is 0 Å². The van der Waals surface area contributed by atoms with Gasteiger partial charge in [0.1, 0.15) is 5.82 Å². The second-order valence-corrected chi connectivity index (χ2v) is 7.99. The first kappa shape index (κ1) is 17.5. The van der Waals surface area contributed by atoms with Crippen molar-refractivity contribution in [2.24, 2.45) is 5.41 Å². The minimum absolute atomic E-state index is 0.0880. The van der Waals surface area contributed by atoms with Gasteiger partial charge in [0.2, 0.25) is 10.1 Å². The number of benzene rings is 1. The number of anilines is 1. The van der Waals surface area contributed by atoms with Crippen LogP contribution in [0.25, 0.3) is 4.96 Å². The van der Waals surface area contributed by atoms with Gasteiger partial charge in [-0.1, -0.05) is 51.2 Å². The van der Waals surface area contributed by atoms with Crippen molar-refractivity contribution >= 4 is 21.4 Å². The summed E-state index contributed by atoms with van der Waals surface area (Å²) in [5, 5.41) is 8.37. The highest BCUT2D eigenvalue weighted by atomic mass is 32.1. The maximum atomic E-state index is 13.3. The Labute approximate surface area is 149 Å². The van der Waals surface area contributed by atoms with Crippen molar-refractivity contribution in [1.29, 1.82) is 0 Å². The largest absolute Gasteiger partial charge is 0.353 e. The number of hydrogen-bond acceptors (Lipinski definition) is 5. The van der Waals surface area contributed by atoms with E-state index in [0.717, 1.165) is 11.3 Å². The van der Waals surface area contributed by atoms with Crippen molar-refractivity contribution in [3.63, 3.8) is 0 Å². The molecule has 2 heterocycles. The molecule has 0 saturated carbocycles. The lowest BCUT2D eigenvalue weighted by Gasteiger charge is -2.31. The van der Waals surface area contributed by atoms with E-state index in [2.05, 4.69) is 36.2 Å². The Morgan fingerprint density at radius 2 is 1.96 bits per heavy atom. The minimum Gasteiger partial charge on any atom is -0.353 e. The van der Waals surface area contributed by atoms with E-state index in [9.17, 15) is 9.18 Å². The third-order valence-electron chi connectivity index (χ3n) is 4.00. The first-order chi connectivity index (χ1) is 11.8. The summed E-state index contributed by atoms with van der Waals surface area (Å²) in [4.78, 5) is 17.2. The summed E-state index contributed by atoms with van der Waals surface area (Å²) in [6.45, 7) is 8.26. The molecular weight excluding hydrogens is 339 g/mol. The molecule has 5 nitrogen and oxygen atoms in total. The molecule has 1 unspecified atom stereocenters. The van der Waals surface area contributed by atoms with Gasteiger partial charge in [0, 0.05) is 11.8 Å². The third kappa shape index (κ3) is 3.71. The molecule has 1 aromatic carbocycles. The SMILES string of the molecule is CCc1cc(=O)n2nc(NC(c3ccc(F)cc3)C(C)(C)C)sc2n1. The summed E-state index contributed by atoms with van der Waals surface area (Å²) >= 11 is 1.34. The van der Waals surface area contributed by atoms with E-state index in [-0.39, 0.29) is 22.8 Å². The Morgan fingerprint density at radius 3 is 2.56 bits per heavy atom. The van der Waals surface area contributed by atoms with E-state index in [1.807, 2.05) is 6.92 Å². The van der Waals surface area contributed by atoms with Gasteiger partial charge in [-0.3, -0.25) is 4.79 Å². The molecule has 3 rings (SSSR count). The fourth-order valence-electron chi connectivity index (χ4n) is 2.67. The molecule has 1 N–H and O–H groups in total. The first-order valence-corrected chi connectivity index (χ1v) is 9.01. The summed E-state index contributed by atoms with van der Waals surface area (Å²) < 4.78 is 14.6. The number of rotatable bonds is 4. The van der Waals surface area contributed by atoms with E-state index in [0.29, 0.717) is 16.5 Å². The van der Waals surface area contributed by atoms with Crippen LogP contribution in [0.15, 0.2) is 35.1 Å². The molecule has 25 heavy (non-hydrogen) atoms. The molecular formula is C18H21FN4OS. The van der Waals surface area contributed by atoms with Gasteiger partial charge in [-0.05, 0) is 29.5 Å². The highest BCUT2D eigenvalue weighted by Crippen LogP contribution is 2.36. The van der Waals surface area contributed by atoms with Gasteiger partial charge < -0.3 is 5.32 Å². The van der Waals surface area contributed by atoms with Crippen LogP contribution in [-0.4, -0.2) is 14.6 Å². The maximum absolute atomic E-state index is 13.3. The van der Waals surface area contributed by atoms with Gasteiger partial charge in [0.05, 0.1) is 6.04 Å². The fourth-order valence-corrected chi connectivity index (χ4v) is 3.53. The molecule has 0 fully saturated rings. The number of halogens is 1. The van der Waals surface area contributed by atoms with Gasteiger partial charge in [0.15, 0.2) is 0 Å². The van der Waals surface area contributed by atoms with E-state index >= 15 is 0 Å². The van der Waals surface area contributed by atoms with Gasteiger partial charge in [-0.2, -0.15) is 4.52 Å². The lowest BCUT2D eigenvalue weighted by molar-refractivity contribution is 0.347. The van der Waals surface area contributed by atoms with Crippen LogP contribution < -0.4 is 10.9 Å². The number of nitrogens with zero attached hydrogens (tertiary/aromatic N) is 3. The van der Waals surface area contributed by atoms with E-state index in [1.165, 1.54) is 34.1 Å².